The van der Waals surface area contributed by atoms with Crippen molar-refractivity contribution in [2.75, 3.05) is 19.8 Å². The molecule has 0 bridgehead atoms. The maximum atomic E-state index is 11.8. The average molecular weight is 363 g/mol. The molecule has 1 aliphatic carbocycles. The van der Waals surface area contributed by atoms with Crippen molar-refractivity contribution < 1.29 is 13.9 Å². The van der Waals surface area contributed by atoms with Crippen molar-refractivity contribution in [3.63, 3.8) is 0 Å². The van der Waals surface area contributed by atoms with E-state index >= 15 is 0 Å². The Morgan fingerprint density at radius 1 is 1.32 bits per heavy atom. The molecule has 0 radical (unpaired) electrons. The van der Waals surface area contributed by atoms with Gasteiger partial charge in [-0.25, -0.2) is 4.98 Å². The van der Waals surface area contributed by atoms with Gasteiger partial charge in [0.15, 0.2) is 11.7 Å². The van der Waals surface area contributed by atoms with E-state index in [9.17, 15) is 4.79 Å². The van der Waals surface area contributed by atoms with Crippen LogP contribution in [0.5, 0.6) is 0 Å². The van der Waals surface area contributed by atoms with Gasteiger partial charge in [-0.2, -0.15) is 0 Å². The molecule has 3 rings (SSSR count). The van der Waals surface area contributed by atoms with Crippen LogP contribution < -0.4 is 5.32 Å². The first-order valence-corrected chi connectivity index (χ1v) is 9.13. The van der Waals surface area contributed by atoms with Gasteiger partial charge in [0.2, 0.25) is 5.91 Å². The number of rotatable bonds is 10. The zero-order valence-corrected chi connectivity index (χ0v) is 14.9. The number of oxazole rings is 1. The van der Waals surface area contributed by atoms with E-state index in [1.807, 2.05) is 12.1 Å². The first kappa shape index (κ1) is 18.0. The molecule has 0 saturated heterocycles. The molecule has 1 amide bonds. The summed E-state index contributed by atoms with van der Waals surface area (Å²) in [7, 11) is 0. The lowest BCUT2D eigenvalue weighted by molar-refractivity contribution is -0.121. The average Bonchev–Trinajstić information content (AvgIpc) is 3.32. The van der Waals surface area contributed by atoms with E-state index in [-0.39, 0.29) is 5.91 Å². The van der Waals surface area contributed by atoms with Crippen LogP contribution in [0.25, 0.3) is 11.3 Å². The van der Waals surface area contributed by atoms with Gasteiger partial charge in [-0.3, -0.25) is 4.79 Å². The Hall–Kier alpha value is -1.85. The van der Waals surface area contributed by atoms with Gasteiger partial charge < -0.3 is 14.5 Å². The highest BCUT2D eigenvalue weighted by atomic mass is 35.5. The smallest absolute Gasteiger partial charge is 0.220 e. The highest BCUT2D eigenvalue weighted by Crippen LogP contribution is 2.28. The summed E-state index contributed by atoms with van der Waals surface area (Å²) in [6, 6.07) is 7.37. The van der Waals surface area contributed by atoms with Crippen LogP contribution in [-0.4, -0.2) is 30.6 Å². The number of carbonyl (C=O) groups is 1. The highest BCUT2D eigenvalue weighted by Gasteiger charge is 2.20. The summed E-state index contributed by atoms with van der Waals surface area (Å²) >= 11 is 5.88. The largest absolute Gasteiger partial charge is 0.441 e. The van der Waals surface area contributed by atoms with Crippen LogP contribution >= 0.6 is 11.6 Å². The Labute approximate surface area is 152 Å². The van der Waals surface area contributed by atoms with E-state index in [1.54, 1.807) is 18.3 Å². The van der Waals surface area contributed by atoms with Crippen molar-refractivity contribution in [1.29, 1.82) is 0 Å². The Morgan fingerprint density at radius 2 is 2.12 bits per heavy atom. The summed E-state index contributed by atoms with van der Waals surface area (Å²) in [5.74, 6) is 2.04. The summed E-state index contributed by atoms with van der Waals surface area (Å²) in [6.07, 6.45) is 5.97. The number of nitrogens with one attached hydrogen (secondary N) is 1. The number of hydrogen-bond acceptors (Lipinski definition) is 4. The molecule has 134 valence electrons. The molecule has 6 heteroatoms. The van der Waals surface area contributed by atoms with Gasteiger partial charge in [0.05, 0.1) is 6.20 Å². The maximum absolute atomic E-state index is 11.8. The Morgan fingerprint density at radius 3 is 2.88 bits per heavy atom. The minimum absolute atomic E-state index is 0.00781. The lowest BCUT2D eigenvalue weighted by atomic mass is 10.2. The number of aromatic nitrogens is 1. The molecule has 1 aliphatic rings. The van der Waals surface area contributed by atoms with E-state index in [1.165, 1.54) is 12.8 Å². The van der Waals surface area contributed by atoms with Gasteiger partial charge >= 0.3 is 0 Å². The van der Waals surface area contributed by atoms with E-state index < -0.39 is 0 Å². The number of halogens is 1. The molecule has 1 N–H and O–H groups in total. The second-order valence-corrected chi connectivity index (χ2v) is 6.78. The van der Waals surface area contributed by atoms with Crippen LogP contribution in [-0.2, 0) is 16.0 Å². The third kappa shape index (κ3) is 6.18. The quantitative estimate of drug-likeness (QED) is 0.652. The first-order chi connectivity index (χ1) is 12.2. The van der Waals surface area contributed by atoms with Gasteiger partial charge in [0, 0.05) is 43.2 Å². The number of nitrogens with zero attached hydrogens (tertiary/aromatic N) is 1. The Kier molecular flexibility index (Phi) is 6.48. The van der Waals surface area contributed by atoms with Gasteiger partial charge in [0.25, 0.3) is 0 Å². The first-order valence-electron chi connectivity index (χ1n) is 8.76. The molecule has 5 nitrogen and oxygen atoms in total. The van der Waals surface area contributed by atoms with Crippen LogP contribution in [0, 0.1) is 5.92 Å². The van der Waals surface area contributed by atoms with Crippen molar-refractivity contribution in [3.8, 4) is 11.3 Å². The topological polar surface area (TPSA) is 64.4 Å². The van der Waals surface area contributed by atoms with E-state index in [2.05, 4.69) is 10.3 Å². The van der Waals surface area contributed by atoms with E-state index in [0.717, 1.165) is 24.5 Å². The van der Waals surface area contributed by atoms with Crippen LogP contribution in [0.2, 0.25) is 5.02 Å². The zero-order chi connectivity index (χ0) is 17.5. The van der Waals surface area contributed by atoms with Gasteiger partial charge in [-0.1, -0.05) is 11.6 Å². The number of ether oxygens (including phenoxy) is 1. The van der Waals surface area contributed by atoms with Crippen molar-refractivity contribution >= 4 is 17.5 Å². The highest BCUT2D eigenvalue weighted by molar-refractivity contribution is 6.30. The third-order valence-electron chi connectivity index (χ3n) is 4.09. The molecule has 0 aliphatic heterocycles. The molecule has 0 unspecified atom stereocenters. The molecule has 2 aromatic rings. The number of aryl methyl sites for hydroxylation is 1. The van der Waals surface area contributed by atoms with Crippen LogP contribution in [0.1, 0.15) is 31.6 Å². The van der Waals surface area contributed by atoms with Crippen LogP contribution in [0.3, 0.4) is 0 Å². The summed E-state index contributed by atoms with van der Waals surface area (Å²) in [4.78, 5) is 16.1. The monoisotopic (exact) mass is 362 g/mol. The molecular weight excluding hydrogens is 340 g/mol. The normalized spacial score (nSPS) is 13.8. The van der Waals surface area contributed by atoms with Gasteiger partial charge in [-0.15, -0.1) is 0 Å². The molecule has 25 heavy (non-hydrogen) atoms. The lowest BCUT2D eigenvalue weighted by Crippen LogP contribution is -2.25. The number of amides is 1. The molecule has 0 atom stereocenters. The van der Waals surface area contributed by atoms with Crippen molar-refractivity contribution in [3.05, 3.63) is 41.4 Å². The van der Waals surface area contributed by atoms with E-state index in [4.69, 9.17) is 20.8 Å². The molecule has 1 saturated carbocycles. The van der Waals surface area contributed by atoms with Crippen LogP contribution in [0.4, 0.5) is 0 Å². The fourth-order valence-electron chi connectivity index (χ4n) is 2.42. The minimum atomic E-state index is 0.00781. The molecule has 1 aromatic heterocycles. The standard InChI is InChI=1S/C19H23ClN2O3/c20-16-6-4-15(5-7-16)17-12-22-19(25-17)9-8-18(23)21-10-1-11-24-13-14-2-3-14/h4-7,12,14H,1-3,8-11,13H2,(H,21,23). The summed E-state index contributed by atoms with van der Waals surface area (Å²) < 4.78 is 11.2. The predicted molar refractivity (Wildman–Crippen MR) is 96.4 cm³/mol. The predicted octanol–water partition coefficient (Wildman–Crippen LogP) is 3.86. The van der Waals surface area contributed by atoms with Crippen molar-refractivity contribution in [1.82, 2.24) is 10.3 Å². The molecule has 1 aromatic carbocycles. The fourth-order valence-corrected chi connectivity index (χ4v) is 2.54. The molecule has 1 fully saturated rings. The Bertz CT molecular complexity index is 680. The summed E-state index contributed by atoms with van der Waals surface area (Å²) in [5, 5.41) is 3.58. The maximum Gasteiger partial charge on any atom is 0.220 e. The SMILES string of the molecule is O=C(CCc1ncc(-c2ccc(Cl)cc2)o1)NCCCOCC1CC1. The molecular formula is C19H23ClN2O3. The van der Waals surface area contributed by atoms with Crippen molar-refractivity contribution in [2.45, 2.75) is 32.1 Å². The van der Waals surface area contributed by atoms with E-state index in [0.29, 0.717) is 42.7 Å². The lowest BCUT2D eigenvalue weighted by Gasteiger charge is -2.05. The van der Waals surface area contributed by atoms with Gasteiger partial charge in [-0.05, 0) is 49.4 Å². The number of hydrogen-bond donors (Lipinski definition) is 1. The Balaban J connectivity index is 1.32. The summed E-state index contributed by atoms with van der Waals surface area (Å²) in [6.45, 7) is 2.22. The number of carbonyl (C=O) groups excluding carboxylic acids is 1. The second kappa shape index (κ2) is 9.02. The number of benzene rings is 1. The van der Waals surface area contributed by atoms with Crippen molar-refractivity contribution in [2.24, 2.45) is 5.92 Å². The molecule has 0 spiro atoms. The third-order valence-corrected chi connectivity index (χ3v) is 4.34. The molecule has 1 heterocycles. The van der Waals surface area contributed by atoms with Crippen LogP contribution in [0.15, 0.2) is 34.9 Å². The second-order valence-electron chi connectivity index (χ2n) is 6.35. The fraction of sp³-hybridized carbons (Fsp3) is 0.474. The summed E-state index contributed by atoms with van der Waals surface area (Å²) in [5.41, 5.74) is 0.916. The zero-order valence-electron chi connectivity index (χ0n) is 14.2. The minimum Gasteiger partial charge on any atom is -0.441 e. The van der Waals surface area contributed by atoms with Gasteiger partial charge in [0.1, 0.15) is 0 Å².